The van der Waals surface area contributed by atoms with Crippen molar-refractivity contribution in [3.8, 4) is 0 Å². The standard InChI is InChI=1S/C15H18N4/c1-2-9-16-14-7-10-17-15(18-14)19-11-8-12-5-3-4-6-13(12)19/h3-7,10H,2,8-9,11H2,1H3,(H,16,17,18). The Labute approximate surface area is 113 Å². The van der Waals surface area contributed by atoms with Crippen LogP contribution in [-0.2, 0) is 6.42 Å². The van der Waals surface area contributed by atoms with Crippen molar-refractivity contribution in [3.63, 3.8) is 0 Å². The van der Waals surface area contributed by atoms with Crippen molar-refractivity contribution >= 4 is 17.5 Å². The average molecular weight is 254 g/mol. The first-order valence-corrected chi connectivity index (χ1v) is 6.81. The third-order valence-corrected chi connectivity index (χ3v) is 3.33. The summed E-state index contributed by atoms with van der Waals surface area (Å²) in [5, 5.41) is 3.30. The molecule has 1 aromatic heterocycles. The van der Waals surface area contributed by atoms with E-state index in [1.807, 2.05) is 12.3 Å². The van der Waals surface area contributed by atoms with Crippen molar-refractivity contribution in [2.75, 3.05) is 23.3 Å². The van der Waals surface area contributed by atoms with Crippen LogP contribution in [0.1, 0.15) is 18.9 Å². The van der Waals surface area contributed by atoms with Gasteiger partial charge in [-0.2, -0.15) is 4.98 Å². The Bertz CT molecular complexity index is 568. The van der Waals surface area contributed by atoms with E-state index in [1.54, 1.807) is 0 Å². The molecule has 1 N–H and O–H groups in total. The third kappa shape index (κ3) is 2.38. The molecule has 0 spiro atoms. The highest BCUT2D eigenvalue weighted by Crippen LogP contribution is 2.32. The Morgan fingerprint density at radius 3 is 3.05 bits per heavy atom. The molecule has 0 fully saturated rings. The van der Waals surface area contributed by atoms with Gasteiger partial charge in [0.2, 0.25) is 5.95 Å². The Morgan fingerprint density at radius 1 is 1.26 bits per heavy atom. The van der Waals surface area contributed by atoms with Gasteiger partial charge >= 0.3 is 0 Å². The quantitative estimate of drug-likeness (QED) is 0.910. The Balaban J connectivity index is 1.87. The highest BCUT2D eigenvalue weighted by atomic mass is 15.3. The van der Waals surface area contributed by atoms with Crippen LogP contribution >= 0.6 is 0 Å². The summed E-state index contributed by atoms with van der Waals surface area (Å²) in [5.74, 6) is 1.68. The van der Waals surface area contributed by atoms with Crippen LogP contribution in [-0.4, -0.2) is 23.1 Å². The minimum atomic E-state index is 0.783. The van der Waals surface area contributed by atoms with E-state index in [0.717, 1.165) is 37.7 Å². The first-order chi connectivity index (χ1) is 9.38. The maximum atomic E-state index is 4.59. The van der Waals surface area contributed by atoms with Gasteiger partial charge in [-0.3, -0.25) is 0 Å². The molecule has 19 heavy (non-hydrogen) atoms. The molecule has 1 aliphatic rings. The highest BCUT2D eigenvalue weighted by Gasteiger charge is 2.21. The Hall–Kier alpha value is -2.10. The number of rotatable bonds is 4. The summed E-state index contributed by atoms with van der Waals surface area (Å²) < 4.78 is 0. The van der Waals surface area contributed by atoms with Crippen molar-refractivity contribution in [3.05, 3.63) is 42.1 Å². The molecule has 0 radical (unpaired) electrons. The van der Waals surface area contributed by atoms with Gasteiger partial charge in [0, 0.05) is 25.0 Å². The summed E-state index contributed by atoms with van der Waals surface area (Å²) in [6.45, 7) is 4.04. The number of anilines is 3. The van der Waals surface area contributed by atoms with E-state index in [1.165, 1.54) is 11.3 Å². The van der Waals surface area contributed by atoms with Gasteiger partial charge in [0.25, 0.3) is 0 Å². The second kappa shape index (κ2) is 5.26. The SMILES string of the molecule is CCCNc1ccnc(N2CCc3ccccc32)n1. The largest absolute Gasteiger partial charge is 0.370 e. The molecule has 0 bridgehead atoms. The highest BCUT2D eigenvalue weighted by molar-refractivity contribution is 5.66. The van der Waals surface area contributed by atoms with Gasteiger partial charge in [-0.15, -0.1) is 0 Å². The lowest BCUT2D eigenvalue weighted by molar-refractivity contribution is 0.926. The van der Waals surface area contributed by atoms with E-state index >= 15 is 0 Å². The molecule has 3 rings (SSSR count). The molecule has 0 amide bonds. The summed E-state index contributed by atoms with van der Waals surface area (Å²) in [6, 6.07) is 10.4. The van der Waals surface area contributed by atoms with Crippen LogP contribution in [0.25, 0.3) is 0 Å². The van der Waals surface area contributed by atoms with E-state index in [9.17, 15) is 0 Å². The summed E-state index contributed by atoms with van der Waals surface area (Å²) in [4.78, 5) is 11.2. The van der Waals surface area contributed by atoms with E-state index in [0.29, 0.717) is 0 Å². The van der Waals surface area contributed by atoms with Gasteiger partial charge in [0.05, 0.1) is 0 Å². The zero-order valence-electron chi connectivity index (χ0n) is 11.1. The molecule has 0 unspecified atom stereocenters. The van der Waals surface area contributed by atoms with Gasteiger partial charge in [-0.25, -0.2) is 4.98 Å². The number of nitrogens with zero attached hydrogens (tertiary/aromatic N) is 3. The maximum Gasteiger partial charge on any atom is 0.231 e. The lowest BCUT2D eigenvalue weighted by atomic mass is 10.2. The summed E-state index contributed by atoms with van der Waals surface area (Å²) in [7, 11) is 0. The van der Waals surface area contributed by atoms with Gasteiger partial charge in [0.1, 0.15) is 5.82 Å². The van der Waals surface area contributed by atoms with Crippen molar-refractivity contribution in [1.82, 2.24) is 9.97 Å². The molecule has 1 aliphatic heterocycles. The zero-order valence-corrected chi connectivity index (χ0v) is 11.1. The minimum Gasteiger partial charge on any atom is -0.370 e. The second-order valence-electron chi connectivity index (χ2n) is 4.70. The van der Waals surface area contributed by atoms with Crippen LogP contribution in [0.3, 0.4) is 0 Å². The molecule has 0 saturated carbocycles. The van der Waals surface area contributed by atoms with Crippen molar-refractivity contribution in [2.24, 2.45) is 0 Å². The van der Waals surface area contributed by atoms with Crippen LogP contribution in [0.15, 0.2) is 36.5 Å². The first-order valence-electron chi connectivity index (χ1n) is 6.81. The van der Waals surface area contributed by atoms with Gasteiger partial charge < -0.3 is 10.2 Å². The van der Waals surface area contributed by atoms with Crippen molar-refractivity contribution in [2.45, 2.75) is 19.8 Å². The number of fused-ring (bicyclic) bond motifs is 1. The molecule has 1 aromatic carbocycles. The van der Waals surface area contributed by atoms with Crippen LogP contribution < -0.4 is 10.2 Å². The van der Waals surface area contributed by atoms with Gasteiger partial charge in [-0.1, -0.05) is 25.1 Å². The predicted octanol–water partition coefficient (Wildman–Crippen LogP) is 2.99. The minimum absolute atomic E-state index is 0.783. The fourth-order valence-electron chi connectivity index (χ4n) is 2.38. The monoisotopic (exact) mass is 254 g/mol. The van der Waals surface area contributed by atoms with E-state index < -0.39 is 0 Å². The van der Waals surface area contributed by atoms with Gasteiger partial charge in [0.15, 0.2) is 0 Å². The number of hydrogen-bond acceptors (Lipinski definition) is 4. The molecule has 0 saturated heterocycles. The number of aromatic nitrogens is 2. The molecule has 0 atom stereocenters. The topological polar surface area (TPSA) is 41.1 Å². The Kier molecular flexibility index (Phi) is 3.31. The van der Waals surface area contributed by atoms with Crippen LogP contribution in [0.4, 0.5) is 17.5 Å². The fraction of sp³-hybridized carbons (Fsp3) is 0.333. The smallest absolute Gasteiger partial charge is 0.231 e. The first kappa shape index (κ1) is 12.0. The third-order valence-electron chi connectivity index (χ3n) is 3.33. The van der Waals surface area contributed by atoms with E-state index in [2.05, 4.69) is 51.4 Å². The molecule has 98 valence electrons. The normalized spacial score (nSPS) is 13.4. The van der Waals surface area contributed by atoms with Crippen LogP contribution in [0.2, 0.25) is 0 Å². The number of nitrogens with one attached hydrogen (secondary N) is 1. The molecule has 4 heteroatoms. The molecular weight excluding hydrogens is 236 g/mol. The van der Waals surface area contributed by atoms with Crippen LogP contribution in [0, 0.1) is 0 Å². The number of hydrogen-bond donors (Lipinski definition) is 1. The summed E-state index contributed by atoms with van der Waals surface area (Å²) in [5.41, 5.74) is 2.60. The summed E-state index contributed by atoms with van der Waals surface area (Å²) >= 11 is 0. The molecule has 4 nitrogen and oxygen atoms in total. The molecule has 0 aliphatic carbocycles. The van der Waals surface area contributed by atoms with E-state index in [-0.39, 0.29) is 0 Å². The lowest BCUT2D eigenvalue weighted by Gasteiger charge is -2.17. The zero-order chi connectivity index (χ0) is 13.1. The predicted molar refractivity (Wildman–Crippen MR) is 78.0 cm³/mol. The van der Waals surface area contributed by atoms with Crippen LogP contribution in [0.5, 0.6) is 0 Å². The van der Waals surface area contributed by atoms with E-state index in [4.69, 9.17) is 0 Å². The van der Waals surface area contributed by atoms with Gasteiger partial charge in [-0.05, 0) is 30.5 Å². The second-order valence-corrected chi connectivity index (χ2v) is 4.70. The maximum absolute atomic E-state index is 4.59. The number of benzene rings is 1. The number of para-hydroxylation sites is 1. The fourth-order valence-corrected chi connectivity index (χ4v) is 2.38. The summed E-state index contributed by atoms with van der Waals surface area (Å²) in [6.07, 6.45) is 3.97. The lowest BCUT2D eigenvalue weighted by Crippen LogP contribution is -2.17. The van der Waals surface area contributed by atoms with Crippen molar-refractivity contribution < 1.29 is 0 Å². The molecular formula is C15H18N4. The average Bonchev–Trinajstić information content (AvgIpc) is 2.89. The Morgan fingerprint density at radius 2 is 2.16 bits per heavy atom. The molecule has 2 aromatic rings. The molecule has 2 heterocycles. The van der Waals surface area contributed by atoms with Crippen molar-refractivity contribution in [1.29, 1.82) is 0 Å².